The Morgan fingerprint density at radius 1 is 0.420 bits per heavy atom. The SMILES string of the molecule is CCCCP(=O)(CCCC)Cc1ccccc1OCCOCCOCCOCCOCCOc1ccccc1CP(=O)(CCCC)CCCC. The molecule has 0 saturated heterocycles. The Bertz CT molecular complexity index is 1110. The average Bonchev–Trinajstić information content (AvgIpc) is 3.12. The van der Waals surface area contributed by atoms with Crippen molar-refractivity contribution >= 4 is 14.3 Å². The summed E-state index contributed by atoms with van der Waals surface area (Å²) in [5, 5.41) is 0. The first-order valence-corrected chi connectivity index (χ1v) is 23.8. The van der Waals surface area contributed by atoms with Gasteiger partial charge in [0.05, 0.1) is 67.1 Å². The largest absolute Gasteiger partial charge is 0.491 e. The van der Waals surface area contributed by atoms with E-state index < -0.39 is 14.3 Å². The van der Waals surface area contributed by atoms with E-state index in [0.717, 1.165) is 98.6 Å². The minimum Gasteiger partial charge on any atom is -0.491 e. The fourth-order valence-electron chi connectivity index (χ4n) is 5.68. The molecule has 10 heteroatoms. The van der Waals surface area contributed by atoms with Crippen LogP contribution in [0.15, 0.2) is 48.5 Å². The third kappa shape index (κ3) is 19.8. The quantitative estimate of drug-likeness (QED) is 0.0528. The molecule has 0 aromatic heterocycles. The number of unbranched alkanes of at least 4 members (excludes halogenated alkanes) is 4. The molecule has 50 heavy (non-hydrogen) atoms. The normalized spacial score (nSPS) is 12.0. The van der Waals surface area contributed by atoms with Crippen LogP contribution >= 0.6 is 14.3 Å². The molecule has 0 aliphatic heterocycles. The molecule has 0 aliphatic carbocycles. The Labute approximate surface area is 304 Å². The Hall–Kier alpha value is -1.66. The lowest BCUT2D eigenvalue weighted by Gasteiger charge is -2.20. The van der Waals surface area contributed by atoms with Gasteiger partial charge < -0.3 is 37.6 Å². The topological polar surface area (TPSA) is 89.5 Å². The average molecular weight is 739 g/mol. The fourth-order valence-corrected chi connectivity index (χ4v) is 12.1. The van der Waals surface area contributed by atoms with Gasteiger partial charge in [0, 0.05) is 48.1 Å². The van der Waals surface area contributed by atoms with Crippen LogP contribution in [0.3, 0.4) is 0 Å². The van der Waals surface area contributed by atoms with Crippen LogP contribution < -0.4 is 9.47 Å². The van der Waals surface area contributed by atoms with Crippen LogP contribution in [0.1, 0.15) is 90.2 Å². The highest BCUT2D eigenvalue weighted by molar-refractivity contribution is 7.63. The van der Waals surface area contributed by atoms with Gasteiger partial charge in [0.1, 0.15) is 24.7 Å². The number of benzene rings is 2. The van der Waals surface area contributed by atoms with E-state index in [2.05, 4.69) is 27.7 Å². The first kappa shape index (κ1) is 44.5. The molecule has 0 unspecified atom stereocenters. The summed E-state index contributed by atoms with van der Waals surface area (Å²) in [5.41, 5.74) is 2.07. The highest BCUT2D eigenvalue weighted by Gasteiger charge is 2.24. The van der Waals surface area contributed by atoms with Crippen molar-refractivity contribution in [1.29, 1.82) is 0 Å². The molecule has 0 bridgehead atoms. The maximum absolute atomic E-state index is 13.7. The highest BCUT2D eigenvalue weighted by atomic mass is 31.2. The lowest BCUT2D eigenvalue weighted by molar-refractivity contribution is -0.00702. The summed E-state index contributed by atoms with van der Waals surface area (Å²) in [4.78, 5) is 0. The maximum Gasteiger partial charge on any atom is 0.123 e. The van der Waals surface area contributed by atoms with Crippen LogP contribution in [-0.2, 0) is 40.4 Å². The Morgan fingerprint density at radius 2 is 0.700 bits per heavy atom. The summed E-state index contributed by atoms with van der Waals surface area (Å²) in [6, 6.07) is 15.9. The monoisotopic (exact) mass is 738 g/mol. The summed E-state index contributed by atoms with van der Waals surface area (Å²) < 4.78 is 62.0. The molecule has 0 amide bonds. The van der Waals surface area contributed by atoms with E-state index in [1.807, 2.05) is 48.5 Å². The molecule has 0 fully saturated rings. The number of ether oxygens (including phenoxy) is 6. The van der Waals surface area contributed by atoms with Gasteiger partial charge in [-0.15, -0.1) is 0 Å². The van der Waals surface area contributed by atoms with Crippen molar-refractivity contribution in [3.63, 3.8) is 0 Å². The van der Waals surface area contributed by atoms with Crippen LogP contribution in [-0.4, -0.2) is 90.7 Å². The van der Waals surface area contributed by atoms with Crippen molar-refractivity contribution < 1.29 is 37.6 Å². The molecule has 0 spiro atoms. The van der Waals surface area contributed by atoms with Gasteiger partial charge in [-0.05, 0) is 37.8 Å². The predicted molar refractivity (Wildman–Crippen MR) is 209 cm³/mol. The van der Waals surface area contributed by atoms with Crippen LogP contribution in [0.2, 0.25) is 0 Å². The van der Waals surface area contributed by atoms with Gasteiger partial charge in [0.2, 0.25) is 0 Å². The van der Waals surface area contributed by atoms with E-state index in [1.165, 1.54) is 0 Å². The zero-order chi connectivity index (χ0) is 36.2. The molecule has 2 rings (SSSR count). The van der Waals surface area contributed by atoms with Crippen LogP contribution in [0.25, 0.3) is 0 Å². The smallest absolute Gasteiger partial charge is 0.123 e. The van der Waals surface area contributed by atoms with Crippen LogP contribution in [0, 0.1) is 0 Å². The van der Waals surface area contributed by atoms with Crippen LogP contribution in [0.4, 0.5) is 0 Å². The zero-order valence-corrected chi connectivity index (χ0v) is 33.5. The first-order chi connectivity index (χ1) is 24.4. The van der Waals surface area contributed by atoms with Gasteiger partial charge in [-0.25, -0.2) is 0 Å². The van der Waals surface area contributed by atoms with Gasteiger partial charge in [-0.2, -0.15) is 0 Å². The molecule has 0 aliphatic rings. The molecular formula is C40H68O8P2. The lowest BCUT2D eigenvalue weighted by Crippen LogP contribution is -2.15. The molecule has 2 aromatic carbocycles. The second kappa shape index (κ2) is 27.9. The van der Waals surface area contributed by atoms with Gasteiger partial charge in [0.15, 0.2) is 0 Å². The molecule has 2 aromatic rings. The summed E-state index contributed by atoms with van der Waals surface area (Å²) in [5.74, 6) is 1.62. The number of hydrogen-bond acceptors (Lipinski definition) is 8. The summed E-state index contributed by atoms with van der Waals surface area (Å²) >= 11 is 0. The van der Waals surface area contributed by atoms with Crippen molar-refractivity contribution in [3.8, 4) is 11.5 Å². The fraction of sp³-hybridized carbons (Fsp3) is 0.700. The predicted octanol–water partition coefficient (Wildman–Crippen LogP) is 10.1. The van der Waals surface area contributed by atoms with Crippen molar-refractivity contribution in [2.45, 2.75) is 91.4 Å². The number of para-hydroxylation sites is 2. The second-order valence-corrected chi connectivity index (χ2v) is 19.8. The van der Waals surface area contributed by atoms with Gasteiger partial charge in [0.25, 0.3) is 0 Å². The summed E-state index contributed by atoms with van der Waals surface area (Å²) in [6.07, 6.45) is 12.8. The van der Waals surface area contributed by atoms with Crippen molar-refractivity contribution in [1.82, 2.24) is 0 Å². The maximum atomic E-state index is 13.7. The number of rotatable bonds is 33. The van der Waals surface area contributed by atoms with Gasteiger partial charge in [-0.3, -0.25) is 0 Å². The van der Waals surface area contributed by atoms with Gasteiger partial charge in [-0.1, -0.05) is 89.8 Å². The molecule has 0 atom stereocenters. The van der Waals surface area contributed by atoms with Crippen molar-refractivity contribution in [2.24, 2.45) is 0 Å². The first-order valence-electron chi connectivity index (χ1n) is 19.2. The second-order valence-electron chi connectivity index (χ2n) is 13.1. The Kier molecular flexibility index (Phi) is 24.8. The summed E-state index contributed by atoms with van der Waals surface area (Å²) in [6.45, 7) is 13.3. The third-order valence-electron chi connectivity index (χ3n) is 8.63. The van der Waals surface area contributed by atoms with Crippen molar-refractivity contribution in [3.05, 3.63) is 59.7 Å². The molecule has 0 saturated carbocycles. The lowest BCUT2D eigenvalue weighted by atomic mass is 10.2. The standard InChI is InChI=1S/C40H68O8P2/c1-5-9-31-49(41,32-10-6-2)35-37-17-13-15-19-39(37)47-29-27-45-25-23-43-21-22-44-24-26-46-28-30-48-40-20-16-14-18-38(40)36-50(42,33-11-7-3)34-12-8-4/h13-20H,5-12,21-36H2,1-4H3. The van der Waals surface area contributed by atoms with E-state index in [-0.39, 0.29) is 0 Å². The van der Waals surface area contributed by atoms with Gasteiger partial charge >= 0.3 is 0 Å². The van der Waals surface area contributed by atoms with E-state index >= 15 is 0 Å². The molecule has 0 radical (unpaired) electrons. The van der Waals surface area contributed by atoms with E-state index in [4.69, 9.17) is 28.4 Å². The minimum absolute atomic E-state index is 0.437. The Balaban J connectivity index is 1.52. The molecular weight excluding hydrogens is 670 g/mol. The molecule has 8 nitrogen and oxygen atoms in total. The van der Waals surface area contributed by atoms with Crippen LogP contribution in [0.5, 0.6) is 11.5 Å². The molecule has 286 valence electrons. The highest BCUT2D eigenvalue weighted by Crippen LogP contribution is 2.52. The van der Waals surface area contributed by atoms with E-state index in [0.29, 0.717) is 78.4 Å². The number of hydrogen-bond donors (Lipinski definition) is 0. The Morgan fingerprint density at radius 3 is 1.00 bits per heavy atom. The summed E-state index contributed by atoms with van der Waals surface area (Å²) in [7, 11) is -4.51. The van der Waals surface area contributed by atoms with E-state index in [1.54, 1.807) is 0 Å². The molecule has 0 heterocycles. The third-order valence-corrected chi connectivity index (χ3v) is 15.0. The van der Waals surface area contributed by atoms with Crippen molar-refractivity contribution in [2.75, 3.05) is 90.7 Å². The zero-order valence-electron chi connectivity index (χ0n) is 31.7. The minimum atomic E-state index is -2.26. The van der Waals surface area contributed by atoms with E-state index in [9.17, 15) is 9.13 Å². The molecule has 0 N–H and O–H groups in total.